The molecule has 27 heavy (non-hydrogen) atoms. The zero-order valence-electron chi connectivity index (χ0n) is 15.6. The Morgan fingerprint density at radius 3 is 2.85 bits per heavy atom. The number of fused-ring (bicyclic) bond motifs is 1. The zero-order chi connectivity index (χ0) is 19.5. The smallest absolute Gasteiger partial charge is 0.331 e. The van der Waals surface area contributed by atoms with Crippen LogP contribution in [-0.4, -0.2) is 38.2 Å². The highest BCUT2D eigenvalue weighted by molar-refractivity contribution is 6.32. The van der Waals surface area contributed by atoms with Crippen molar-refractivity contribution >= 4 is 29.6 Å². The molecule has 0 radical (unpaired) electrons. The maximum Gasteiger partial charge on any atom is 0.331 e. The van der Waals surface area contributed by atoms with Crippen molar-refractivity contribution in [1.82, 2.24) is 5.32 Å². The summed E-state index contributed by atoms with van der Waals surface area (Å²) in [5.41, 5.74) is 0.682. The molecule has 0 spiro atoms. The lowest BCUT2D eigenvalue weighted by atomic mass is 10.2. The van der Waals surface area contributed by atoms with E-state index in [2.05, 4.69) is 12.2 Å². The molecule has 2 rings (SSSR count). The average Bonchev–Trinajstić information content (AvgIpc) is 2.90. The van der Waals surface area contributed by atoms with E-state index in [4.69, 9.17) is 25.8 Å². The Balaban J connectivity index is 1.78. The Kier molecular flexibility index (Phi) is 8.98. The van der Waals surface area contributed by atoms with E-state index in [0.717, 1.165) is 32.1 Å². The highest BCUT2D eigenvalue weighted by atomic mass is 35.5. The molecule has 0 saturated heterocycles. The zero-order valence-corrected chi connectivity index (χ0v) is 16.3. The number of benzene rings is 1. The van der Waals surface area contributed by atoms with Crippen LogP contribution in [0.4, 0.5) is 0 Å². The minimum absolute atomic E-state index is 0.293. The molecule has 1 heterocycles. The van der Waals surface area contributed by atoms with Gasteiger partial charge >= 0.3 is 5.97 Å². The molecule has 0 saturated carbocycles. The van der Waals surface area contributed by atoms with E-state index in [1.165, 1.54) is 6.08 Å². The quantitative estimate of drug-likeness (QED) is 0.391. The van der Waals surface area contributed by atoms with Gasteiger partial charge < -0.3 is 19.5 Å². The van der Waals surface area contributed by atoms with Crippen LogP contribution in [-0.2, 0) is 14.3 Å². The van der Waals surface area contributed by atoms with Crippen molar-refractivity contribution in [3.8, 4) is 11.5 Å². The van der Waals surface area contributed by atoms with E-state index < -0.39 is 5.97 Å². The van der Waals surface area contributed by atoms with Crippen LogP contribution >= 0.6 is 11.6 Å². The first kappa shape index (κ1) is 21.1. The predicted octanol–water partition coefficient (Wildman–Crippen LogP) is 3.75. The lowest BCUT2D eigenvalue weighted by Crippen LogP contribution is -2.29. The van der Waals surface area contributed by atoms with Gasteiger partial charge in [0.25, 0.3) is 5.91 Å². The number of halogens is 1. The second-order valence-electron chi connectivity index (χ2n) is 6.23. The summed E-state index contributed by atoms with van der Waals surface area (Å²) in [4.78, 5) is 23.4. The number of esters is 1. The number of hydrogen-bond acceptors (Lipinski definition) is 5. The molecule has 0 unspecified atom stereocenters. The molecule has 1 aromatic carbocycles. The van der Waals surface area contributed by atoms with Crippen LogP contribution in [0.3, 0.4) is 0 Å². The van der Waals surface area contributed by atoms with E-state index in [1.807, 2.05) is 0 Å². The third-order valence-electron chi connectivity index (χ3n) is 3.93. The van der Waals surface area contributed by atoms with E-state index in [-0.39, 0.29) is 12.5 Å². The molecule has 6 nitrogen and oxygen atoms in total. The van der Waals surface area contributed by atoms with Crippen molar-refractivity contribution in [3.05, 3.63) is 28.8 Å². The fourth-order valence-corrected chi connectivity index (χ4v) is 2.80. The first-order chi connectivity index (χ1) is 13.1. The molecule has 1 aliphatic rings. The summed E-state index contributed by atoms with van der Waals surface area (Å²) in [6.07, 6.45) is 7.90. The molecule has 1 N–H and O–H groups in total. The topological polar surface area (TPSA) is 73.9 Å². The third-order valence-corrected chi connectivity index (χ3v) is 4.22. The highest BCUT2D eigenvalue weighted by Gasteiger charge is 2.15. The van der Waals surface area contributed by atoms with E-state index >= 15 is 0 Å². The Morgan fingerprint density at radius 1 is 1.22 bits per heavy atom. The van der Waals surface area contributed by atoms with E-state index in [1.54, 1.807) is 18.2 Å². The van der Waals surface area contributed by atoms with Gasteiger partial charge in [-0.15, -0.1) is 0 Å². The fraction of sp³-hybridized carbons (Fsp3) is 0.500. The minimum atomic E-state index is -0.598. The Bertz CT molecular complexity index is 675. The van der Waals surface area contributed by atoms with Crippen LogP contribution < -0.4 is 14.8 Å². The van der Waals surface area contributed by atoms with Crippen molar-refractivity contribution in [3.63, 3.8) is 0 Å². The summed E-state index contributed by atoms with van der Waals surface area (Å²) in [7, 11) is 0. The second-order valence-corrected chi connectivity index (χ2v) is 6.64. The van der Waals surface area contributed by atoms with Crippen LogP contribution in [0.5, 0.6) is 11.5 Å². The van der Waals surface area contributed by atoms with Gasteiger partial charge in [-0.3, -0.25) is 4.79 Å². The van der Waals surface area contributed by atoms with Gasteiger partial charge in [0.15, 0.2) is 18.1 Å². The predicted molar refractivity (Wildman–Crippen MR) is 104 cm³/mol. The lowest BCUT2D eigenvalue weighted by molar-refractivity contribution is -0.143. The van der Waals surface area contributed by atoms with Crippen LogP contribution in [0.2, 0.25) is 5.02 Å². The molecule has 148 valence electrons. The number of carbonyl (C=O) groups excluding carboxylic acids is 2. The highest BCUT2D eigenvalue weighted by Crippen LogP contribution is 2.38. The van der Waals surface area contributed by atoms with Crippen molar-refractivity contribution in [2.45, 2.75) is 39.0 Å². The van der Waals surface area contributed by atoms with E-state index in [9.17, 15) is 9.59 Å². The summed E-state index contributed by atoms with van der Waals surface area (Å²) in [6, 6.07) is 3.43. The summed E-state index contributed by atoms with van der Waals surface area (Å²) in [5.74, 6) is 0.172. The largest absolute Gasteiger partial charge is 0.489 e. The Hall–Kier alpha value is -2.21. The number of rotatable bonds is 9. The Labute approximate surface area is 164 Å². The van der Waals surface area contributed by atoms with E-state index in [0.29, 0.717) is 41.8 Å². The summed E-state index contributed by atoms with van der Waals surface area (Å²) in [6.45, 7) is 3.54. The maximum atomic E-state index is 11.8. The molecule has 0 atom stereocenters. The molecule has 0 aromatic heterocycles. The molecule has 0 fully saturated rings. The number of nitrogens with one attached hydrogen (secondary N) is 1. The number of unbranched alkanes of at least 4 members (excludes halogenated alkanes) is 3. The number of ether oxygens (including phenoxy) is 3. The van der Waals surface area contributed by atoms with Crippen molar-refractivity contribution in [2.24, 2.45) is 0 Å². The maximum absolute atomic E-state index is 11.8. The Morgan fingerprint density at radius 2 is 2.04 bits per heavy atom. The summed E-state index contributed by atoms with van der Waals surface area (Å²) >= 11 is 6.21. The van der Waals surface area contributed by atoms with Gasteiger partial charge in [0.1, 0.15) is 0 Å². The third kappa shape index (κ3) is 7.51. The first-order valence-corrected chi connectivity index (χ1v) is 9.68. The molecular weight excluding hydrogens is 370 g/mol. The standard InChI is InChI=1S/C20H26ClNO5/c1-2-3-4-5-9-22-18(23)14-27-19(24)8-7-15-12-16(21)20-17(13-15)25-10-6-11-26-20/h7-8,12-13H,2-6,9-11,14H2,1H3,(H,22,23)/b8-7+. The molecule has 0 bridgehead atoms. The number of amides is 1. The average molecular weight is 396 g/mol. The van der Waals surface area contributed by atoms with Gasteiger partial charge in [-0.1, -0.05) is 37.8 Å². The van der Waals surface area contributed by atoms with Crippen LogP contribution in [0.15, 0.2) is 18.2 Å². The molecule has 7 heteroatoms. The molecule has 1 aliphatic heterocycles. The lowest BCUT2D eigenvalue weighted by Gasteiger charge is -2.10. The van der Waals surface area contributed by atoms with Crippen molar-refractivity contribution in [1.29, 1.82) is 0 Å². The van der Waals surface area contributed by atoms with Gasteiger partial charge in [0, 0.05) is 19.0 Å². The van der Waals surface area contributed by atoms with Crippen molar-refractivity contribution < 1.29 is 23.8 Å². The molecule has 1 amide bonds. The summed E-state index contributed by atoms with van der Waals surface area (Å²) in [5, 5.41) is 3.15. The second kappa shape index (κ2) is 11.5. The molecule has 0 aliphatic carbocycles. The number of carbonyl (C=O) groups is 2. The molecule has 1 aromatic rings. The van der Waals surface area contributed by atoms with Gasteiger partial charge in [-0.2, -0.15) is 0 Å². The normalized spacial score (nSPS) is 13.3. The minimum Gasteiger partial charge on any atom is -0.489 e. The first-order valence-electron chi connectivity index (χ1n) is 9.31. The monoisotopic (exact) mass is 395 g/mol. The van der Waals surface area contributed by atoms with Crippen LogP contribution in [0.1, 0.15) is 44.6 Å². The van der Waals surface area contributed by atoms with Crippen LogP contribution in [0, 0.1) is 0 Å². The fourth-order valence-electron chi connectivity index (χ4n) is 2.53. The van der Waals surface area contributed by atoms with Crippen molar-refractivity contribution in [2.75, 3.05) is 26.4 Å². The molecular formula is C20H26ClNO5. The van der Waals surface area contributed by atoms with Crippen LogP contribution in [0.25, 0.3) is 6.08 Å². The van der Waals surface area contributed by atoms with Gasteiger partial charge in [0.05, 0.1) is 18.2 Å². The summed E-state index contributed by atoms with van der Waals surface area (Å²) < 4.78 is 16.1. The van der Waals surface area contributed by atoms with Gasteiger partial charge in [-0.25, -0.2) is 4.79 Å². The SMILES string of the molecule is CCCCCCNC(=O)COC(=O)/C=C/c1cc(Cl)c2c(c1)OCCCO2. The van der Waals surface area contributed by atoms with Gasteiger partial charge in [0.2, 0.25) is 0 Å². The van der Waals surface area contributed by atoms with Gasteiger partial charge in [-0.05, 0) is 30.2 Å². The number of hydrogen-bond donors (Lipinski definition) is 1.